The van der Waals surface area contributed by atoms with Crippen molar-refractivity contribution in [1.29, 1.82) is 0 Å². The fraction of sp³-hybridized carbons (Fsp3) is 0.355. The summed E-state index contributed by atoms with van der Waals surface area (Å²) in [5, 5.41) is 2.94. The molecule has 3 aromatic rings. The first-order valence-electron chi connectivity index (χ1n) is 13.6. The van der Waals surface area contributed by atoms with Gasteiger partial charge in [0.2, 0.25) is 5.91 Å². The minimum atomic E-state index is -4.96. The minimum absolute atomic E-state index is 0.0829. The molecule has 42 heavy (non-hydrogen) atoms. The maximum absolute atomic E-state index is 13.7. The first-order chi connectivity index (χ1) is 19.9. The number of carbonyl (C=O) groups excluding carboxylic acids is 2. The lowest BCUT2D eigenvalue weighted by Gasteiger charge is -2.45. The average Bonchev–Trinajstić information content (AvgIpc) is 3.28. The van der Waals surface area contributed by atoms with Crippen molar-refractivity contribution in [3.8, 4) is 0 Å². The van der Waals surface area contributed by atoms with E-state index in [4.69, 9.17) is 0 Å². The molecule has 2 aliphatic rings. The van der Waals surface area contributed by atoms with Gasteiger partial charge in [0.15, 0.2) is 5.78 Å². The second kappa shape index (κ2) is 11.4. The lowest BCUT2D eigenvalue weighted by Crippen LogP contribution is -2.57. The Hall–Kier alpha value is -3.86. The van der Waals surface area contributed by atoms with Gasteiger partial charge in [-0.25, -0.2) is 0 Å². The molecule has 1 spiro atoms. The maximum Gasteiger partial charge on any atom is 0.416 e. The quantitative estimate of drug-likeness (QED) is 0.325. The van der Waals surface area contributed by atoms with E-state index in [1.807, 2.05) is 40.1 Å². The molecule has 0 aromatic heterocycles. The largest absolute Gasteiger partial charge is 0.416 e. The number of para-hydroxylation sites is 1. The van der Waals surface area contributed by atoms with Crippen LogP contribution in [0.25, 0.3) is 0 Å². The Balaban J connectivity index is 1.36. The van der Waals surface area contributed by atoms with Gasteiger partial charge in [0.05, 0.1) is 23.8 Å². The van der Waals surface area contributed by atoms with E-state index in [1.54, 1.807) is 30.3 Å². The number of carbonyl (C=O) groups is 2. The molecule has 5 nitrogen and oxygen atoms in total. The van der Waals surface area contributed by atoms with E-state index in [1.165, 1.54) is 0 Å². The fourth-order valence-electron chi connectivity index (χ4n) is 5.99. The number of halogens is 6. The number of alkyl halides is 6. The Bertz CT molecular complexity index is 1390. The van der Waals surface area contributed by atoms with Gasteiger partial charge in [-0.3, -0.25) is 14.5 Å². The molecule has 5 rings (SSSR count). The second-order valence-corrected chi connectivity index (χ2v) is 10.7. The molecule has 2 heterocycles. The standard InChI is InChI=1S/C31H29F6N3O2/c32-30(33,34)23-17-21(18-24(19-23)31(35,36)37)11-12-26(41)27(22-7-3-1-4-8-22)39-15-13-29(14-16-39)28(42)38-20-40(29)25-9-5-2-6-10-25/h1-10,17-19,27H,11-16,20H2,(H,38,42). The summed E-state index contributed by atoms with van der Waals surface area (Å²) in [5.74, 6) is -0.405. The van der Waals surface area contributed by atoms with Crippen LogP contribution in [0.15, 0.2) is 78.9 Å². The Labute approximate surface area is 239 Å². The van der Waals surface area contributed by atoms with Gasteiger partial charge in [0.1, 0.15) is 5.54 Å². The molecule has 1 N–H and O–H groups in total. The van der Waals surface area contributed by atoms with E-state index in [0.717, 1.165) is 5.69 Å². The molecular formula is C31H29F6N3O2. The van der Waals surface area contributed by atoms with E-state index in [9.17, 15) is 35.9 Å². The second-order valence-electron chi connectivity index (χ2n) is 10.7. The number of aryl methyl sites for hydroxylation is 1. The number of likely N-dealkylation sites (tertiary alicyclic amines) is 1. The summed E-state index contributed by atoms with van der Waals surface area (Å²) < 4.78 is 80.1. The Morgan fingerprint density at radius 3 is 1.93 bits per heavy atom. The lowest BCUT2D eigenvalue weighted by molar-refractivity contribution is -0.143. The predicted molar refractivity (Wildman–Crippen MR) is 144 cm³/mol. The highest BCUT2D eigenvalue weighted by atomic mass is 19.4. The number of Topliss-reactive ketones (excluding diaryl/α,β-unsaturated/α-hetero) is 1. The van der Waals surface area contributed by atoms with Crippen molar-refractivity contribution < 1.29 is 35.9 Å². The van der Waals surface area contributed by atoms with Crippen LogP contribution in [0.2, 0.25) is 0 Å². The zero-order valence-corrected chi connectivity index (χ0v) is 22.5. The van der Waals surface area contributed by atoms with Crippen molar-refractivity contribution in [3.63, 3.8) is 0 Å². The molecule has 2 aliphatic heterocycles. The molecular weight excluding hydrogens is 560 g/mol. The van der Waals surface area contributed by atoms with Gasteiger partial charge in [0.25, 0.3) is 0 Å². The molecule has 1 amide bonds. The normalized spacial score (nSPS) is 18.2. The Morgan fingerprint density at radius 2 is 1.38 bits per heavy atom. The molecule has 1 unspecified atom stereocenters. The van der Waals surface area contributed by atoms with Crippen LogP contribution in [-0.2, 0) is 28.4 Å². The highest BCUT2D eigenvalue weighted by Crippen LogP contribution is 2.40. The van der Waals surface area contributed by atoms with E-state index >= 15 is 0 Å². The van der Waals surface area contributed by atoms with Crippen LogP contribution in [0.5, 0.6) is 0 Å². The Kier molecular flexibility index (Phi) is 8.06. The highest BCUT2D eigenvalue weighted by molar-refractivity contribution is 5.93. The lowest BCUT2D eigenvalue weighted by atomic mass is 9.84. The number of nitrogens with zero attached hydrogens (tertiary/aromatic N) is 2. The number of nitrogens with one attached hydrogen (secondary N) is 1. The van der Waals surface area contributed by atoms with Crippen LogP contribution < -0.4 is 10.2 Å². The molecule has 0 aliphatic carbocycles. The number of amides is 1. The number of hydrogen-bond donors (Lipinski definition) is 1. The molecule has 1 atom stereocenters. The summed E-state index contributed by atoms with van der Waals surface area (Å²) in [5.41, 5.74) is -2.23. The van der Waals surface area contributed by atoms with Gasteiger partial charge in [-0.05, 0) is 60.7 Å². The van der Waals surface area contributed by atoms with Crippen LogP contribution >= 0.6 is 0 Å². The number of rotatable bonds is 7. The van der Waals surface area contributed by atoms with Gasteiger partial charge in [-0.15, -0.1) is 0 Å². The monoisotopic (exact) mass is 589 g/mol. The van der Waals surface area contributed by atoms with Crippen LogP contribution in [-0.4, -0.2) is 41.9 Å². The van der Waals surface area contributed by atoms with E-state index in [0.29, 0.717) is 50.3 Å². The molecule has 3 aromatic carbocycles. The van der Waals surface area contributed by atoms with Gasteiger partial charge in [0, 0.05) is 25.2 Å². The minimum Gasteiger partial charge on any atom is -0.339 e. The van der Waals surface area contributed by atoms with Gasteiger partial charge in [-0.2, -0.15) is 26.3 Å². The van der Waals surface area contributed by atoms with E-state index < -0.39 is 35.1 Å². The van der Waals surface area contributed by atoms with E-state index in [-0.39, 0.29) is 36.2 Å². The molecule has 0 bridgehead atoms. The van der Waals surface area contributed by atoms with Crippen molar-refractivity contribution in [1.82, 2.24) is 10.2 Å². The smallest absolute Gasteiger partial charge is 0.339 e. The maximum atomic E-state index is 13.7. The number of benzene rings is 3. The third-order valence-electron chi connectivity index (χ3n) is 8.12. The third kappa shape index (κ3) is 6.01. The zero-order valence-electron chi connectivity index (χ0n) is 22.5. The van der Waals surface area contributed by atoms with Crippen LogP contribution in [0.1, 0.15) is 47.6 Å². The molecule has 2 fully saturated rings. The van der Waals surface area contributed by atoms with Gasteiger partial charge < -0.3 is 10.2 Å². The highest BCUT2D eigenvalue weighted by Gasteiger charge is 2.51. The van der Waals surface area contributed by atoms with Crippen molar-refractivity contribution in [2.24, 2.45) is 0 Å². The third-order valence-corrected chi connectivity index (χ3v) is 8.12. The fourth-order valence-corrected chi connectivity index (χ4v) is 5.99. The van der Waals surface area contributed by atoms with Crippen LogP contribution in [0, 0.1) is 0 Å². The number of ketones is 1. The molecule has 2 saturated heterocycles. The van der Waals surface area contributed by atoms with Crippen molar-refractivity contribution >= 4 is 17.4 Å². The van der Waals surface area contributed by atoms with Crippen molar-refractivity contribution in [2.75, 3.05) is 24.7 Å². The zero-order chi connectivity index (χ0) is 30.1. The first kappa shape index (κ1) is 29.6. The first-order valence-corrected chi connectivity index (χ1v) is 13.6. The molecule has 0 radical (unpaired) electrons. The summed E-state index contributed by atoms with van der Waals surface area (Å²) >= 11 is 0. The SMILES string of the molecule is O=C(CCc1cc(C(F)(F)F)cc(C(F)(F)F)c1)C(c1ccccc1)N1CCC2(CC1)C(=O)NCN2c1ccccc1. The average molecular weight is 590 g/mol. The number of piperidine rings is 1. The van der Waals surface area contributed by atoms with Gasteiger partial charge >= 0.3 is 12.4 Å². The summed E-state index contributed by atoms with van der Waals surface area (Å²) in [6.07, 6.45) is -9.58. The number of hydrogen-bond acceptors (Lipinski definition) is 4. The topological polar surface area (TPSA) is 52.7 Å². The summed E-state index contributed by atoms with van der Waals surface area (Å²) in [7, 11) is 0. The van der Waals surface area contributed by atoms with Crippen LogP contribution in [0.3, 0.4) is 0 Å². The molecule has 11 heteroatoms. The van der Waals surface area contributed by atoms with E-state index in [2.05, 4.69) is 5.32 Å². The summed E-state index contributed by atoms with van der Waals surface area (Å²) in [4.78, 5) is 30.7. The van der Waals surface area contributed by atoms with Gasteiger partial charge in [-0.1, -0.05) is 48.5 Å². The predicted octanol–water partition coefficient (Wildman–Crippen LogP) is 6.40. The summed E-state index contributed by atoms with van der Waals surface area (Å²) in [6, 6.07) is 19.1. The molecule has 222 valence electrons. The van der Waals surface area contributed by atoms with Crippen molar-refractivity contribution in [3.05, 3.63) is 101 Å². The van der Waals surface area contributed by atoms with Crippen LogP contribution in [0.4, 0.5) is 32.0 Å². The summed E-state index contributed by atoms with van der Waals surface area (Å²) in [6.45, 7) is 1.15. The number of anilines is 1. The van der Waals surface area contributed by atoms with Crippen molar-refractivity contribution in [2.45, 2.75) is 49.6 Å². The Morgan fingerprint density at radius 1 is 0.833 bits per heavy atom. The molecule has 0 saturated carbocycles.